The van der Waals surface area contributed by atoms with E-state index in [1.807, 2.05) is 0 Å². The number of ether oxygens (including phenoxy) is 2. The van der Waals surface area contributed by atoms with Crippen LogP contribution >= 0.6 is 0 Å². The van der Waals surface area contributed by atoms with Gasteiger partial charge in [-0.25, -0.2) is 0 Å². The third-order valence-corrected chi connectivity index (χ3v) is 15.2. The van der Waals surface area contributed by atoms with Crippen molar-refractivity contribution in [2.24, 2.45) is 50.7 Å². The predicted octanol–water partition coefficient (Wildman–Crippen LogP) is 5.82. The quantitative estimate of drug-likeness (QED) is 0.404. The fourth-order valence-corrected chi connectivity index (χ4v) is 13.4. The van der Waals surface area contributed by atoms with Gasteiger partial charge in [0.1, 0.15) is 0 Å². The molecule has 6 nitrogen and oxygen atoms in total. The SMILES string of the molecule is CCN(C)C1CC[C@]23C[C@]24CC[C@]2(C)[C@@H]5[C@H](O[C@@H]([C@H](OC(C)=O)C(C)(C)O)C[C@H]5C)[C@H](O)[C@@]2(C)[C@@H]4CC[C@H]3C1(C)C. The third-order valence-electron chi connectivity index (χ3n) is 15.2. The molecular formula is C35H59NO5. The minimum absolute atomic E-state index is 0.00515. The van der Waals surface area contributed by atoms with Crippen molar-refractivity contribution >= 4 is 5.97 Å². The van der Waals surface area contributed by atoms with Gasteiger partial charge in [-0.2, -0.15) is 0 Å². The zero-order valence-corrected chi connectivity index (χ0v) is 27.6. The third kappa shape index (κ3) is 3.72. The molecule has 0 amide bonds. The summed E-state index contributed by atoms with van der Waals surface area (Å²) >= 11 is 0. The second-order valence-electron chi connectivity index (χ2n) is 17.3. The maximum Gasteiger partial charge on any atom is 0.303 e. The molecule has 0 aromatic heterocycles. The Morgan fingerprint density at radius 1 is 1.07 bits per heavy atom. The Morgan fingerprint density at radius 3 is 2.32 bits per heavy atom. The van der Waals surface area contributed by atoms with E-state index >= 15 is 0 Å². The van der Waals surface area contributed by atoms with Gasteiger partial charge in [0.25, 0.3) is 0 Å². The first-order chi connectivity index (χ1) is 18.9. The summed E-state index contributed by atoms with van der Waals surface area (Å²) in [7, 11) is 2.32. The second-order valence-corrected chi connectivity index (χ2v) is 17.3. The summed E-state index contributed by atoms with van der Waals surface area (Å²) < 4.78 is 12.5. The Bertz CT molecular complexity index is 1070. The smallest absolute Gasteiger partial charge is 0.303 e. The zero-order chi connectivity index (χ0) is 30.1. The standard InChI is InChI=1S/C35H59NO5/c1-11-36(10)25-14-15-34-19-35(34)17-16-32(8)26-20(2)18-22(29(31(6,7)39)40-21(3)37)41-27(26)28(38)33(32,9)24(35)13-12-23(34)30(25,4)5/h20,22-29,38-39H,11-19H2,1-10H3/t20-,22-,23+,24+,25?,26+,27+,28+,29+,32-,33-,34-,35+/m1/s1. The normalized spacial score (nSPS) is 52.4. The first kappa shape index (κ1) is 30.3. The van der Waals surface area contributed by atoms with Crippen LogP contribution in [0.3, 0.4) is 0 Å². The molecule has 6 fully saturated rings. The summed E-state index contributed by atoms with van der Waals surface area (Å²) in [6, 6.07) is 0.647. The van der Waals surface area contributed by atoms with Gasteiger partial charge in [-0.1, -0.05) is 41.5 Å². The van der Waals surface area contributed by atoms with Gasteiger partial charge in [0, 0.05) is 18.4 Å². The largest absolute Gasteiger partial charge is 0.457 e. The van der Waals surface area contributed by atoms with Crippen LogP contribution in [0.15, 0.2) is 0 Å². The molecule has 0 radical (unpaired) electrons. The van der Waals surface area contributed by atoms with E-state index in [1.54, 1.807) is 13.8 Å². The molecular weight excluding hydrogens is 514 g/mol. The van der Waals surface area contributed by atoms with E-state index < -0.39 is 29.9 Å². The van der Waals surface area contributed by atoms with Gasteiger partial charge in [-0.3, -0.25) is 4.79 Å². The number of carbonyl (C=O) groups excluding carboxylic acids is 1. The van der Waals surface area contributed by atoms with E-state index in [2.05, 4.69) is 53.5 Å². The Kier molecular flexibility index (Phi) is 6.79. The molecule has 0 bridgehead atoms. The molecule has 1 unspecified atom stereocenters. The molecule has 0 aromatic rings. The first-order valence-electron chi connectivity index (χ1n) is 16.9. The van der Waals surface area contributed by atoms with Crippen molar-refractivity contribution in [3.8, 4) is 0 Å². The van der Waals surface area contributed by atoms with Crippen molar-refractivity contribution < 1.29 is 24.5 Å². The number of aliphatic hydroxyl groups is 2. The zero-order valence-electron chi connectivity index (χ0n) is 27.6. The Balaban J connectivity index is 1.33. The second kappa shape index (κ2) is 9.17. The van der Waals surface area contributed by atoms with Gasteiger partial charge in [0.05, 0.1) is 23.9 Å². The highest BCUT2D eigenvalue weighted by molar-refractivity contribution is 5.66. The van der Waals surface area contributed by atoms with Crippen LogP contribution in [0.2, 0.25) is 0 Å². The Hall–Kier alpha value is -0.690. The van der Waals surface area contributed by atoms with Crippen molar-refractivity contribution in [3.63, 3.8) is 0 Å². The van der Waals surface area contributed by atoms with Gasteiger partial charge < -0.3 is 24.6 Å². The maximum atomic E-state index is 12.5. The van der Waals surface area contributed by atoms with Crippen LogP contribution in [0.25, 0.3) is 0 Å². The molecule has 41 heavy (non-hydrogen) atoms. The molecule has 6 aliphatic rings. The van der Waals surface area contributed by atoms with Crippen LogP contribution in [0.4, 0.5) is 0 Å². The number of nitrogens with zero attached hydrogens (tertiary/aromatic N) is 1. The molecule has 2 spiro atoms. The van der Waals surface area contributed by atoms with Gasteiger partial charge in [0.15, 0.2) is 6.10 Å². The predicted molar refractivity (Wildman–Crippen MR) is 160 cm³/mol. The molecule has 1 aliphatic heterocycles. The van der Waals surface area contributed by atoms with E-state index in [0.717, 1.165) is 25.3 Å². The summed E-state index contributed by atoms with van der Waals surface area (Å²) in [6.07, 6.45) is 7.58. The van der Waals surface area contributed by atoms with Crippen LogP contribution in [0.1, 0.15) is 114 Å². The highest BCUT2D eigenvalue weighted by Gasteiger charge is 2.84. The van der Waals surface area contributed by atoms with E-state index in [4.69, 9.17) is 9.47 Å². The van der Waals surface area contributed by atoms with Gasteiger partial charge in [-0.15, -0.1) is 0 Å². The summed E-state index contributed by atoms with van der Waals surface area (Å²) in [5.41, 5.74) is -0.372. The average molecular weight is 574 g/mol. The molecule has 1 saturated heterocycles. The number of hydrogen-bond donors (Lipinski definition) is 2. The van der Waals surface area contributed by atoms with E-state index in [-0.39, 0.29) is 22.9 Å². The summed E-state index contributed by atoms with van der Waals surface area (Å²) in [5.74, 6) is 1.42. The highest BCUT2D eigenvalue weighted by atomic mass is 16.6. The van der Waals surface area contributed by atoms with Crippen LogP contribution in [0, 0.1) is 50.7 Å². The minimum atomic E-state index is -1.23. The monoisotopic (exact) mass is 573 g/mol. The number of carbonyl (C=O) groups is 1. The van der Waals surface area contributed by atoms with Gasteiger partial charge >= 0.3 is 5.97 Å². The van der Waals surface area contributed by atoms with Crippen molar-refractivity contribution in [1.82, 2.24) is 4.90 Å². The fourth-order valence-electron chi connectivity index (χ4n) is 13.4. The fraction of sp³-hybridized carbons (Fsp3) is 0.971. The Labute approximate surface area is 249 Å². The molecule has 6 heteroatoms. The van der Waals surface area contributed by atoms with Gasteiger partial charge in [0.2, 0.25) is 0 Å². The van der Waals surface area contributed by atoms with E-state index in [9.17, 15) is 15.0 Å². The molecule has 6 rings (SSSR count). The first-order valence-corrected chi connectivity index (χ1v) is 16.9. The van der Waals surface area contributed by atoms with Crippen LogP contribution < -0.4 is 0 Å². The van der Waals surface area contributed by atoms with Crippen molar-refractivity contribution in [2.45, 2.75) is 150 Å². The Morgan fingerprint density at radius 2 is 1.71 bits per heavy atom. The van der Waals surface area contributed by atoms with Crippen LogP contribution in [-0.2, 0) is 14.3 Å². The lowest BCUT2D eigenvalue weighted by Gasteiger charge is -2.64. The lowest BCUT2D eigenvalue weighted by molar-refractivity contribution is -0.216. The summed E-state index contributed by atoms with van der Waals surface area (Å²) in [6.45, 7) is 20.5. The molecule has 2 N–H and O–H groups in total. The molecule has 5 saturated carbocycles. The number of fused-ring (bicyclic) bond motifs is 4. The van der Waals surface area contributed by atoms with Crippen molar-refractivity contribution in [1.29, 1.82) is 0 Å². The highest BCUT2D eigenvalue weighted by Crippen LogP contribution is 2.89. The number of esters is 1. The van der Waals surface area contributed by atoms with Crippen LogP contribution in [-0.4, -0.2) is 70.7 Å². The van der Waals surface area contributed by atoms with E-state index in [0.29, 0.717) is 34.1 Å². The lowest BCUT2D eigenvalue weighted by atomic mass is 9.41. The van der Waals surface area contributed by atoms with E-state index in [1.165, 1.54) is 45.4 Å². The number of hydrogen-bond acceptors (Lipinski definition) is 6. The molecule has 0 aromatic carbocycles. The molecule has 234 valence electrons. The molecule has 1 heterocycles. The number of aliphatic hydroxyl groups excluding tert-OH is 1. The number of rotatable bonds is 5. The lowest BCUT2D eigenvalue weighted by Crippen LogP contribution is -2.61. The minimum Gasteiger partial charge on any atom is -0.457 e. The molecule has 5 aliphatic carbocycles. The van der Waals surface area contributed by atoms with Gasteiger partial charge in [-0.05, 0) is 124 Å². The van der Waals surface area contributed by atoms with Crippen molar-refractivity contribution in [3.05, 3.63) is 0 Å². The van der Waals surface area contributed by atoms with Crippen LogP contribution in [0.5, 0.6) is 0 Å². The summed E-state index contributed by atoms with van der Waals surface area (Å²) in [4.78, 5) is 14.6. The molecule has 13 atom stereocenters. The topological polar surface area (TPSA) is 79.2 Å². The maximum absolute atomic E-state index is 12.5. The average Bonchev–Trinajstić information content (AvgIpc) is 3.50. The van der Waals surface area contributed by atoms with Crippen molar-refractivity contribution in [2.75, 3.05) is 13.6 Å². The summed E-state index contributed by atoms with van der Waals surface area (Å²) in [5, 5.41) is 23.4.